The predicted molar refractivity (Wildman–Crippen MR) is 54.8 cm³/mol. The van der Waals surface area contributed by atoms with Crippen molar-refractivity contribution in [2.45, 2.75) is 22.5 Å². The molecule has 1 saturated heterocycles. The number of alkyl halides is 2. The highest BCUT2D eigenvalue weighted by Crippen LogP contribution is 2.40. The zero-order valence-corrected chi connectivity index (χ0v) is 9.97. The monoisotopic (exact) mass is 309 g/mol. The van der Waals surface area contributed by atoms with Crippen LogP contribution in [0.3, 0.4) is 0 Å². The van der Waals surface area contributed by atoms with Crippen molar-refractivity contribution in [2.24, 2.45) is 11.8 Å². The first-order chi connectivity index (χ1) is 6.09. The highest BCUT2D eigenvalue weighted by Gasteiger charge is 2.47. The van der Waals surface area contributed by atoms with E-state index in [4.69, 9.17) is 0 Å². The molecule has 0 spiro atoms. The molecule has 13 heavy (non-hydrogen) atoms. The van der Waals surface area contributed by atoms with Crippen molar-refractivity contribution in [3.05, 3.63) is 0 Å². The van der Waals surface area contributed by atoms with Crippen LogP contribution in [0.2, 0.25) is 0 Å². The van der Waals surface area contributed by atoms with Gasteiger partial charge in [0.25, 0.3) is 0 Å². The molecule has 0 radical (unpaired) electrons. The quantitative estimate of drug-likeness (QED) is 0.540. The molecule has 4 unspecified atom stereocenters. The van der Waals surface area contributed by atoms with Crippen LogP contribution in [-0.4, -0.2) is 21.5 Å². The summed E-state index contributed by atoms with van der Waals surface area (Å²) in [6.07, 6.45) is 1.50. The molecule has 0 aromatic rings. The normalized spacial score (nSPS) is 44.5. The summed E-state index contributed by atoms with van der Waals surface area (Å²) in [5.74, 6) is -0.408. The second kappa shape index (κ2) is 3.35. The van der Waals surface area contributed by atoms with E-state index in [1.54, 1.807) is 0 Å². The van der Waals surface area contributed by atoms with Crippen LogP contribution < -0.4 is 5.32 Å². The van der Waals surface area contributed by atoms with Crippen LogP contribution in [0.15, 0.2) is 0 Å². The number of hydrogen-bond donors (Lipinski definition) is 1. The smallest absolute Gasteiger partial charge is 0.230 e. The van der Waals surface area contributed by atoms with Gasteiger partial charge in [0.2, 0.25) is 11.8 Å². The van der Waals surface area contributed by atoms with Gasteiger partial charge in [-0.25, -0.2) is 0 Å². The first-order valence-corrected chi connectivity index (χ1v) is 6.05. The zero-order valence-electron chi connectivity index (χ0n) is 6.80. The molecule has 4 atom stereocenters. The Morgan fingerprint density at radius 1 is 1.00 bits per heavy atom. The van der Waals surface area contributed by atoms with Crippen LogP contribution in [0.4, 0.5) is 0 Å². The molecular weight excluding hydrogens is 302 g/mol. The average Bonchev–Trinajstić information content (AvgIpc) is 2.31. The van der Waals surface area contributed by atoms with E-state index in [1.165, 1.54) is 0 Å². The minimum absolute atomic E-state index is 0.0983. The maximum Gasteiger partial charge on any atom is 0.230 e. The van der Waals surface area contributed by atoms with Gasteiger partial charge < -0.3 is 0 Å². The summed E-state index contributed by atoms with van der Waals surface area (Å²) in [7, 11) is 0. The third kappa shape index (κ3) is 1.56. The Bertz CT molecular complexity index is 243. The van der Waals surface area contributed by atoms with Crippen LogP contribution in [0.1, 0.15) is 12.8 Å². The molecule has 2 rings (SSSR count). The highest BCUT2D eigenvalue weighted by molar-refractivity contribution is 9.12. The van der Waals surface area contributed by atoms with Gasteiger partial charge in [-0.3, -0.25) is 14.9 Å². The van der Waals surface area contributed by atoms with Crippen molar-refractivity contribution >= 4 is 43.7 Å². The fourth-order valence-electron chi connectivity index (χ4n) is 2.00. The number of amides is 2. The van der Waals surface area contributed by atoms with Crippen molar-refractivity contribution in [3.8, 4) is 0 Å². The Hall–Kier alpha value is 0.1000. The van der Waals surface area contributed by atoms with E-state index >= 15 is 0 Å². The number of imide groups is 1. The Labute approximate surface area is 92.9 Å². The van der Waals surface area contributed by atoms with Gasteiger partial charge in [-0.15, -0.1) is 0 Å². The van der Waals surface area contributed by atoms with Gasteiger partial charge in [-0.05, 0) is 12.8 Å². The van der Waals surface area contributed by atoms with Crippen molar-refractivity contribution < 1.29 is 9.59 Å². The van der Waals surface area contributed by atoms with Gasteiger partial charge in [0.05, 0.1) is 11.8 Å². The molecule has 72 valence electrons. The first kappa shape index (κ1) is 9.65. The third-order valence-electron chi connectivity index (χ3n) is 2.76. The number of nitrogens with one attached hydrogen (secondary N) is 1. The van der Waals surface area contributed by atoms with E-state index in [9.17, 15) is 9.59 Å². The number of halogens is 2. The number of fused-ring (bicyclic) bond motifs is 1. The third-order valence-corrected chi connectivity index (χ3v) is 5.49. The SMILES string of the molecule is O=C1NC(=O)C2CC(Br)C(Br)CC12. The van der Waals surface area contributed by atoms with Crippen LogP contribution >= 0.6 is 31.9 Å². The van der Waals surface area contributed by atoms with Crippen molar-refractivity contribution in [2.75, 3.05) is 0 Å². The molecule has 1 aliphatic carbocycles. The molecule has 1 saturated carbocycles. The lowest BCUT2D eigenvalue weighted by Crippen LogP contribution is -2.34. The van der Waals surface area contributed by atoms with Crippen LogP contribution in [0.5, 0.6) is 0 Å². The zero-order chi connectivity index (χ0) is 9.59. The summed E-state index contributed by atoms with van der Waals surface area (Å²) < 4.78 is 0. The van der Waals surface area contributed by atoms with Crippen LogP contribution in [-0.2, 0) is 9.59 Å². The minimum Gasteiger partial charge on any atom is -0.296 e. The number of carbonyl (C=O) groups excluding carboxylic acids is 2. The van der Waals surface area contributed by atoms with Gasteiger partial charge >= 0.3 is 0 Å². The van der Waals surface area contributed by atoms with E-state index in [1.807, 2.05) is 0 Å². The summed E-state index contributed by atoms with van der Waals surface area (Å²) in [5.41, 5.74) is 0. The topological polar surface area (TPSA) is 46.2 Å². The molecule has 5 heteroatoms. The maximum absolute atomic E-state index is 11.3. The Kier molecular flexibility index (Phi) is 2.49. The standard InChI is InChI=1S/C8H9Br2NO2/c9-5-1-3-4(2-6(5)10)8(13)11-7(3)12/h3-6H,1-2H2,(H,11,12,13). The second-order valence-corrected chi connectivity index (χ2v) is 5.92. The lowest BCUT2D eigenvalue weighted by atomic mass is 9.81. The summed E-state index contributed by atoms with van der Waals surface area (Å²) in [4.78, 5) is 23.2. The van der Waals surface area contributed by atoms with E-state index in [0.29, 0.717) is 9.65 Å². The van der Waals surface area contributed by atoms with Gasteiger partial charge in [-0.2, -0.15) is 0 Å². The molecular formula is C8H9Br2NO2. The largest absolute Gasteiger partial charge is 0.296 e. The van der Waals surface area contributed by atoms with Gasteiger partial charge in [0.15, 0.2) is 0 Å². The van der Waals surface area contributed by atoms with Crippen molar-refractivity contribution in [1.29, 1.82) is 0 Å². The fourth-order valence-corrected chi connectivity index (χ4v) is 3.23. The molecule has 1 heterocycles. The lowest BCUT2D eigenvalue weighted by Gasteiger charge is -2.29. The summed E-state index contributed by atoms with van der Waals surface area (Å²) >= 11 is 7.00. The van der Waals surface area contributed by atoms with E-state index in [0.717, 1.165) is 12.8 Å². The Balaban J connectivity index is 2.19. The van der Waals surface area contributed by atoms with Gasteiger partial charge in [0.1, 0.15) is 0 Å². The minimum atomic E-state index is -0.106. The highest BCUT2D eigenvalue weighted by atomic mass is 79.9. The predicted octanol–water partition coefficient (Wildman–Crippen LogP) is 1.20. The number of rotatable bonds is 0. The molecule has 1 aliphatic heterocycles. The molecule has 0 bridgehead atoms. The van der Waals surface area contributed by atoms with Crippen LogP contribution in [0.25, 0.3) is 0 Å². The molecule has 1 N–H and O–H groups in total. The summed E-state index contributed by atoms with van der Waals surface area (Å²) in [5, 5.41) is 2.38. The van der Waals surface area contributed by atoms with E-state index in [-0.39, 0.29) is 23.7 Å². The molecule has 0 aromatic carbocycles. The molecule has 2 aliphatic rings. The fraction of sp³-hybridized carbons (Fsp3) is 0.750. The summed E-state index contributed by atoms with van der Waals surface area (Å²) in [6, 6.07) is 0. The molecule has 0 aromatic heterocycles. The van der Waals surface area contributed by atoms with Crippen molar-refractivity contribution in [3.63, 3.8) is 0 Å². The van der Waals surface area contributed by atoms with Gasteiger partial charge in [0, 0.05) is 9.65 Å². The Morgan fingerprint density at radius 2 is 1.38 bits per heavy atom. The number of hydrogen-bond acceptors (Lipinski definition) is 2. The second-order valence-electron chi connectivity index (χ2n) is 3.57. The van der Waals surface area contributed by atoms with Crippen LogP contribution in [0, 0.1) is 11.8 Å². The average molecular weight is 311 g/mol. The number of carbonyl (C=O) groups is 2. The lowest BCUT2D eigenvalue weighted by molar-refractivity contribution is -0.126. The van der Waals surface area contributed by atoms with Crippen molar-refractivity contribution in [1.82, 2.24) is 5.32 Å². The first-order valence-electron chi connectivity index (χ1n) is 4.22. The molecule has 2 fully saturated rings. The Morgan fingerprint density at radius 3 is 1.77 bits per heavy atom. The molecule has 3 nitrogen and oxygen atoms in total. The van der Waals surface area contributed by atoms with E-state index in [2.05, 4.69) is 37.2 Å². The maximum atomic E-state index is 11.3. The molecule has 2 amide bonds. The van der Waals surface area contributed by atoms with E-state index < -0.39 is 0 Å². The summed E-state index contributed by atoms with van der Waals surface area (Å²) in [6.45, 7) is 0. The van der Waals surface area contributed by atoms with Gasteiger partial charge in [-0.1, -0.05) is 31.9 Å².